The van der Waals surface area contributed by atoms with Gasteiger partial charge in [-0.3, -0.25) is 0 Å². The van der Waals surface area contributed by atoms with E-state index in [1.165, 1.54) is 7.11 Å². The van der Waals surface area contributed by atoms with Crippen molar-refractivity contribution in [3.05, 3.63) is 23.9 Å². The van der Waals surface area contributed by atoms with Crippen LogP contribution in [0, 0.1) is 0 Å². The zero-order chi connectivity index (χ0) is 15.2. The molecule has 1 aromatic heterocycles. The average molecular weight is 279 g/mol. The van der Waals surface area contributed by atoms with Gasteiger partial charge in [0.25, 0.3) is 0 Å². The van der Waals surface area contributed by atoms with Crippen molar-refractivity contribution in [2.24, 2.45) is 0 Å². The first-order valence-corrected chi connectivity index (χ1v) is 6.25. The number of nitrogen functional groups attached to an aromatic ring is 1. The van der Waals surface area contributed by atoms with Crippen LogP contribution in [0.25, 0.3) is 6.08 Å². The predicted octanol–water partition coefficient (Wildman–Crippen LogP) is 2.21. The van der Waals surface area contributed by atoms with Crippen LogP contribution in [0.4, 0.5) is 10.5 Å². The maximum Gasteiger partial charge on any atom is 0.407 e. The van der Waals surface area contributed by atoms with Crippen LogP contribution in [-0.2, 0) is 4.74 Å². The SMILES string of the molecule is COc1ncc(C=CCNC(=O)OC(C)(C)C)cc1N. The summed E-state index contributed by atoms with van der Waals surface area (Å²) >= 11 is 0. The summed E-state index contributed by atoms with van der Waals surface area (Å²) in [5.74, 6) is 0.397. The minimum Gasteiger partial charge on any atom is -0.480 e. The number of nitrogens with zero attached hydrogens (tertiary/aromatic N) is 1. The third-order valence-electron chi connectivity index (χ3n) is 2.17. The van der Waals surface area contributed by atoms with E-state index in [0.29, 0.717) is 18.1 Å². The molecule has 0 unspecified atom stereocenters. The molecule has 0 aliphatic carbocycles. The number of nitrogens with two attached hydrogens (primary N) is 1. The molecular formula is C14H21N3O3. The van der Waals surface area contributed by atoms with Crippen LogP contribution in [0.1, 0.15) is 26.3 Å². The van der Waals surface area contributed by atoms with E-state index in [4.69, 9.17) is 15.2 Å². The molecule has 1 amide bonds. The Morgan fingerprint density at radius 2 is 2.20 bits per heavy atom. The number of ether oxygens (including phenoxy) is 2. The molecular weight excluding hydrogens is 258 g/mol. The Balaban J connectivity index is 2.46. The van der Waals surface area contributed by atoms with E-state index in [0.717, 1.165) is 5.56 Å². The minimum atomic E-state index is -0.498. The third-order valence-corrected chi connectivity index (χ3v) is 2.17. The lowest BCUT2D eigenvalue weighted by Gasteiger charge is -2.19. The van der Waals surface area contributed by atoms with Crippen LogP contribution in [0.5, 0.6) is 5.88 Å². The van der Waals surface area contributed by atoms with Gasteiger partial charge in [-0.05, 0) is 32.4 Å². The van der Waals surface area contributed by atoms with Crippen molar-refractivity contribution in [1.82, 2.24) is 10.3 Å². The highest BCUT2D eigenvalue weighted by molar-refractivity contribution is 5.68. The van der Waals surface area contributed by atoms with Gasteiger partial charge in [-0.15, -0.1) is 0 Å². The van der Waals surface area contributed by atoms with Gasteiger partial charge in [0.2, 0.25) is 5.88 Å². The number of carbonyl (C=O) groups is 1. The molecule has 1 heterocycles. The van der Waals surface area contributed by atoms with Gasteiger partial charge in [-0.2, -0.15) is 0 Å². The standard InChI is InChI=1S/C14H21N3O3/c1-14(2,3)20-13(18)16-7-5-6-10-8-11(15)12(19-4)17-9-10/h5-6,8-9H,7,15H2,1-4H3,(H,16,18). The summed E-state index contributed by atoms with van der Waals surface area (Å²) in [7, 11) is 1.51. The second-order valence-electron chi connectivity index (χ2n) is 5.15. The van der Waals surface area contributed by atoms with Gasteiger partial charge in [-0.1, -0.05) is 12.2 Å². The van der Waals surface area contributed by atoms with Gasteiger partial charge in [-0.25, -0.2) is 9.78 Å². The van der Waals surface area contributed by atoms with Gasteiger partial charge in [0.15, 0.2) is 0 Å². The van der Waals surface area contributed by atoms with E-state index >= 15 is 0 Å². The highest BCUT2D eigenvalue weighted by Crippen LogP contribution is 2.18. The van der Waals surface area contributed by atoms with Crippen molar-refractivity contribution >= 4 is 17.9 Å². The maximum atomic E-state index is 11.4. The zero-order valence-corrected chi connectivity index (χ0v) is 12.3. The Labute approximate surface area is 119 Å². The van der Waals surface area contributed by atoms with Gasteiger partial charge in [0.1, 0.15) is 5.60 Å². The minimum absolute atomic E-state index is 0.362. The first-order chi connectivity index (χ1) is 9.31. The van der Waals surface area contributed by atoms with E-state index in [-0.39, 0.29) is 0 Å². The van der Waals surface area contributed by atoms with Crippen LogP contribution in [0.3, 0.4) is 0 Å². The molecule has 0 radical (unpaired) electrons. The summed E-state index contributed by atoms with van der Waals surface area (Å²) < 4.78 is 10.1. The van der Waals surface area contributed by atoms with E-state index in [2.05, 4.69) is 10.3 Å². The molecule has 0 aliphatic rings. The van der Waals surface area contributed by atoms with E-state index in [1.807, 2.05) is 20.8 Å². The maximum absolute atomic E-state index is 11.4. The third kappa shape index (κ3) is 5.60. The predicted molar refractivity (Wildman–Crippen MR) is 78.5 cm³/mol. The Bertz CT molecular complexity index is 493. The van der Waals surface area contributed by atoms with Crippen molar-refractivity contribution in [2.45, 2.75) is 26.4 Å². The van der Waals surface area contributed by atoms with Crippen molar-refractivity contribution in [3.8, 4) is 5.88 Å². The number of carbonyl (C=O) groups excluding carboxylic acids is 1. The first-order valence-electron chi connectivity index (χ1n) is 6.25. The molecule has 20 heavy (non-hydrogen) atoms. The smallest absolute Gasteiger partial charge is 0.407 e. The number of pyridine rings is 1. The van der Waals surface area contributed by atoms with Gasteiger partial charge in [0, 0.05) is 12.7 Å². The van der Waals surface area contributed by atoms with Gasteiger partial charge in [0.05, 0.1) is 12.8 Å². The van der Waals surface area contributed by atoms with Crippen molar-refractivity contribution in [3.63, 3.8) is 0 Å². The summed E-state index contributed by atoms with van der Waals surface area (Å²) in [5, 5.41) is 2.62. The highest BCUT2D eigenvalue weighted by Gasteiger charge is 2.14. The lowest BCUT2D eigenvalue weighted by molar-refractivity contribution is 0.0534. The molecule has 0 saturated heterocycles. The lowest BCUT2D eigenvalue weighted by Crippen LogP contribution is -2.32. The van der Waals surface area contributed by atoms with Gasteiger partial charge >= 0.3 is 6.09 Å². The molecule has 1 rings (SSSR count). The fourth-order valence-electron chi connectivity index (χ4n) is 1.40. The molecule has 110 valence electrons. The van der Waals surface area contributed by atoms with Crippen LogP contribution in [-0.4, -0.2) is 30.3 Å². The average Bonchev–Trinajstić information content (AvgIpc) is 2.33. The number of alkyl carbamates (subject to hydrolysis) is 1. The number of aromatic nitrogens is 1. The number of hydrogen-bond donors (Lipinski definition) is 2. The number of rotatable bonds is 4. The fraction of sp³-hybridized carbons (Fsp3) is 0.429. The van der Waals surface area contributed by atoms with Crippen LogP contribution in [0.2, 0.25) is 0 Å². The normalized spacial score (nSPS) is 11.4. The lowest BCUT2D eigenvalue weighted by atomic mass is 10.2. The summed E-state index contributed by atoms with van der Waals surface area (Å²) in [6.45, 7) is 5.80. The number of amides is 1. The van der Waals surface area contributed by atoms with Crippen LogP contribution in [0.15, 0.2) is 18.3 Å². The second kappa shape index (κ2) is 6.79. The van der Waals surface area contributed by atoms with E-state index in [9.17, 15) is 4.79 Å². The highest BCUT2D eigenvalue weighted by atomic mass is 16.6. The summed E-state index contributed by atoms with van der Waals surface area (Å²) in [6.07, 6.45) is 4.78. The topological polar surface area (TPSA) is 86.5 Å². The van der Waals surface area contributed by atoms with Crippen LogP contribution < -0.4 is 15.8 Å². The molecule has 0 spiro atoms. The molecule has 6 heteroatoms. The van der Waals surface area contributed by atoms with Crippen molar-refractivity contribution in [1.29, 1.82) is 0 Å². The van der Waals surface area contributed by atoms with E-state index in [1.54, 1.807) is 24.4 Å². The Hall–Kier alpha value is -2.24. The molecule has 1 aromatic rings. The summed E-state index contributed by atoms with van der Waals surface area (Å²) in [6, 6.07) is 1.75. The quantitative estimate of drug-likeness (QED) is 0.882. The zero-order valence-electron chi connectivity index (χ0n) is 12.3. The Morgan fingerprint density at radius 1 is 1.50 bits per heavy atom. The largest absolute Gasteiger partial charge is 0.480 e. The second-order valence-corrected chi connectivity index (χ2v) is 5.15. The molecule has 6 nitrogen and oxygen atoms in total. The summed E-state index contributed by atoms with van der Waals surface area (Å²) in [4.78, 5) is 15.4. The molecule has 0 aromatic carbocycles. The molecule has 0 fully saturated rings. The monoisotopic (exact) mass is 279 g/mol. The van der Waals surface area contributed by atoms with Gasteiger partial charge < -0.3 is 20.5 Å². The Morgan fingerprint density at radius 3 is 2.75 bits per heavy atom. The molecule has 0 aliphatic heterocycles. The van der Waals surface area contributed by atoms with Crippen molar-refractivity contribution in [2.75, 3.05) is 19.4 Å². The summed E-state index contributed by atoms with van der Waals surface area (Å²) in [5.41, 5.74) is 6.54. The first kappa shape index (κ1) is 15.8. The molecule has 0 atom stereocenters. The Kier molecular flexibility index (Phi) is 5.37. The number of anilines is 1. The van der Waals surface area contributed by atoms with Crippen LogP contribution >= 0.6 is 0 Å². The number of methoxy groups -OCH3 is 1. The fourth-order valence-corrected chi connectivity index (χ4v) is 1.40. The number of hydrogen-bond acceptors (Lipinski definition) is 5. The molecule has 0 bridgehead atoms. The number of nitrogens with one attached hydrogen (secondary N) is 1. The molecule has 3 N–H and O–H groups in total. The van der Waals surface area contributed by atoms with Crippen molar-refractivity contribution < 1.29 is 14.3 Å². The molecule has 0 saturated carbocycles. The van der Waals surface area contributed by atoms with E-state index < -0.39 is 11.7 Å².